The highest BCUT2D eigenvalue weighted by molar-refractivity contribution is 7.89. The van der Waals surface area contributed by atoms with Crippen molar-refractivity contribution >= 4 is 38.9 Å². The molecule has 0 saturated heterocycles. The molecule has 6 nitrogen and oxygen atoms in total. The van der Waals surface area contributed by atoms with Gasteiger partial charge >= 0.3 is 0 Å². The van der Waals surface area contributed by atoms with Crippen LogP contribution in [0.25, 0.3) is 0 Å². The minimum atomic E-state index is -3.82. The van der Waals surface area contributed by atoms with Crippen molar-refractivity contribution in [3.05, 3.63) is 80.5 Å². The monoisotopic (exact) mass is 544 g/mol. The van der Waals surface area contributed by atoms with Gasteiger partial charge in [0.15, 0.2) is 0 Å². The summed E-state index contributed by atoms with van der Waals surface area (Å²) in [6.07, 6.45) is 2.27. The minimum absolute atomic E-state index is 0.152. The number of hydrogen-bond donors (Lipinski definition) is 0. The summed E-state index contributed by atoms with van der Waals surface area (Å²) in [5, 5.41) is 2.51. The number of carbonyl (C=O) groups excluding carboxylic acids is 1. The molecule has 1 fully saturated rings. The molecule has 1 aliphatic heterocycles. The van der Waals surface area contributed by atoms with Crippen LogP contribution in [0.4, 0.5) is 0 Å². The minimum Gasteiger partial charge on any atom is -0.491 e. The predicted octanol–water partition coefficient (Wildman–Crippen LogP) is 5.38. The number of carbonyl (C=O) groups is 1. The van der Waals surface area contributed by atoms with Crippen molar-refractivity contribution in [2.45, 2.75) is 50.1 Å². The van der Waals surface area contributed by atoms with Crippen LogP contribution >= 0.6 is 22.9 Å². The first-order valence-electron chi connectivity index (χ1n) is 12.1. The molecule has 5 rings (SSSR count). The Morgan fingerprint density at radius 2 is 1.89 bits per heavy atom. The maximum Gasteiger partial charge on any atom is 0.243 e. The highest BCUT2D eigenvalue weighted by Gasteiger charge is 2.41. The number of hydrogen-bond acceptors (Lipinski definition) is 5. The Hall–Kier alpha value is -2.39. The Labute approximate surface area is 221 Å². The van der Waals surface area contributed by atoms with Crippen molar-refractivity contribution in [1.29, 1.82) is 0 Å². The van der Waals surface area contributed by atoms with E-state index >= 15 is 0 Å². The van der Waals surface area contributed by atoms with E-state index in [-0.39, 0.29) is 29.4 Å². The number of sulfonamides is 1. The van der Waals surface area contributed by atoms with Crippen molar-refractivity contribution in [2.75, 3.05) is 19.7 Å². The lowest BCUT2D eigenvalue weighted by Gasteiger charge is -2.37. The fourth-order valence-corrected chi connectivity index (χ4v) is 7.43. The molecule has 1 aliphatic carbocycles. The lowest BCUT2D eigenvalue weighted by atomic mass is 10.0. The van der Waals surface area contributed by atoms with Gasteiger partial charge in [-0.05, 0) is 86.0 Å². The average Bonchev–Trinajstić information content (AvgIpc) is 3.57. The molecular weight excluding hydrogens is 516 g/mol. The van der Waals surface area contributed by atoms with Gasteiger partial charge in [-0.25, -0.2) is 8.42 Å². The largest absolute Gasteiger partial charge is 0.491 e. The maximum absolute atomic E-state index is 13.7. The van der Waals surface area contributed by atoms with Gasteiger partial charge in [0.05, 0.1) is 17.5 Å². The SMILES string of the molecule is Cc1ccc(OCC2c3ccsc3CCN2C(=O)CN(C2CC2)S(=O)(=O)c2ccc(Cl)cc2)c(C)c1. The van der Waals surface area contributed by atoms with Gasteiger partial charge in [-0.1, -0.05) is 29.3 Å². The van der Waals surface area contributed by atoms with E-state index in [0.29, 0.717) is 18.2 Å². The van der Waals surface area contributed by atoms with Gasteiger partial charge in [-0.2, -0.15) is 4.31 Å². The summed E-state index contributed by atoms with van der Waals surface area (Å²) in [7, 11) is -3.82. The van der Waals surface area contributed by atoms with E-state index in [9.17, 15) is 13.2 Å². The summed E-state index contributed by atoms with van der Waals surface area (Å²) < 4.78 is 34.5. The first-order valence-corrected chi connectivity index (χ1v) is 14.8. The van der Waals surface area contributed by atoms with Crippen LogP contribution in [0.3, 0.4) is 0 Å². The fraction of sp³-hybridized carbons (Fsp3) is 0.370. The van der Waals surface area contributed by atoms with Crippen LogP contribution in [0.1, 0.15) is 40.5 Å². The molecule has 3 aromatic rings. The second-order valence-electron chi connectivity index (χ2n) is 9.47. The molecule has 2 aromatic carbocycles. The summed E-state index contributed by atoms with van der Waals surface area (Å²) in [6.45, 7) is 4.71. The predicted molar refractivity (Wildman–Crippen MR) is 142 cm³/mol. The number of thiophene rings is 1. The van der Waals surface area contributed by atoms with Crippen LogP contribution < -0.4 is 4.74 Å². The normalized spacial score (nSPS) is 17.8. The van der Waals surface area contributed by atoms with Gasteiger partial charge in [-0.3, -0.25) is 4.79 Å². The van der Waals surface area contributed by atoms with Gasteiger partial charge in [-0.15, -0.1) is 11.3 Å². The average molecular weight is 545 g/mol. The van der Waals surface area contributed by atoms with Crippen molar-refractivity contribution in [2.24, 2.45) is 0 Å². The summed E-state index contributed by atoms with van der Waals surface area (Å²) in [4.78, 5) is 16.9. The van der Waals surface area contributed by atoms with Gasteiger partial charge in [0.1, 0.15) is 12.4 Å². The van der Waals surface area contributed by atoms with Gasteiger partial charge in [0, 0.05) is 22.5 Å². The zero-order chi connectivity index (χ0) is 25.4. The van der Waals surface area contributed by atoms with Crippen LogP contribution in [-0.2, 0) is 21.2 Å². The van der Waals surface area contributed by atoms with E-state index in [0.717, 1.165) is 41.7 Å². The van der Waals surface area contributed by atoms with Gasteiger partial charge in [0.25, 0.3) is 0 Å². The first-order chi connectivity index (χ1) is 17.2. The second-order valence-corrected chi connectivity index (χ2v) is 12.8. The summed E-state index contributed by atoms with van der Waals surface area (Å²) in [5.74, 6) is 0.589. The third kappa shape index (κ3) is 5.18. The zero-order valence-electron chi connectivity index (χ0n) is 20.3. The number of nitrogens with zero attached hydrogens (tertiary/aromatic N) is 2. The molecule has 1 saturated carbocycles. The number of benzene rings is 2. The Morgan fingerprint density at radius 3 is 2.58 bits per heavy atom. The number of ether oxygens (including phenoxy) is 1. The van der Waals surface area contributed by atoms with Crippen molar-refractivity contribution in [1.82, 2.24) is 9.21 Å². The number of rotatable bonds is 8. The number of fused-ring (bicyclic) bond motifs is 1. The zero-order valence-corrected chi connectivity index (χ0v) is 22.7. The molecule has 190 valence electrons. The molecule has 1 amide bonds. The molecule has 2 aliphatic rings. The van der Waals surface area contributed by atoms with E-state index < -0.39 is 10.0 Å². The smallest absolute Gasteiger partial charge is 0.243 e. The topological polar surface area (TPSA) is 66.9 Å². The molecule has 0 spiro atoms. The first kappa shape index (κ1) is 25.3. The lowest BCUT2D eigenvalue weighted by molar-refractivity contribution is -0.135. The Bertz CT molecular complexity index is 1370. The molecule has 0 N–H and O–H groups in total. The van der Waals surface area contributed by atoms with Crippen molar-refractivity contribution < 1.29 is 17.9 Å². The van der Waals surface area contributed by atoms with Crippen LogP contribution in [0.5, 0.6) is 5.75 Å². The highest BCUT2D eigenvalue weighted by Crippen LogP contribution is 2.36. The van der Waals surface area contributed by atoms with Gasteiger partial charge < -0.3 is 9.64 Å². The Balaban J connectivity index is 1.38. The van der Waals surface area contributed by atoms with Crippen LogP contribution in [0.15, 0.2) is 58.8 Å². The molecular formula is C27H29ClN2O4S2. The molecule has 0 radical (unpaired) electrons. The fourth-order valence-electron chi connectivity index (χ4n) is 4.74. The van der Waals surface area contributed by atoms with Crippen LogP contribution in [0.2, 0.25) is 5.02 Å². The maximum atomic E-state index is 13.7. The van der Waals surface area contributed by atoms with E-state index in [2.05, 4.69) is 12.1 Å². The Kier molecular flexibility index (Phi) is 7.14. The Morgan fingerprint density at radius 1 is 1.14 bits per heavy atom. The van der Waals surface area contributed by atoms with Crippen LogP contribution in [-0.4, -0.2) is 49.3 Å². The quantitative estimate of drug-likeness (QED) is 0.382. The number of amides is 1. The molecule has 0 bridgehead atoms. The van der Waals surface area contributed by atoms with Crippen molar-refractivity contribution in [3.8, 4) is 5.75 Å². The third-order valence-corrected chi connectivity index (χ3v) is 9.97. The summed E-state index contributed by atoms with van der Waals surface area (Å²) in [6, 6.07) is 13.8. The van der Waals surface area contributed by atoms with Crippen LogP contribution in [0, 0.1) is 13.8 Å². The van der Waals surface area contributed by atoms with E-state index in [1.165, 1.54) is 21.3 Å². The molecule has 9 heteroatoms. The summed E-state index contributed by atoms with van der Waals surface area (Å²) in [5.41, 5.74) is 3.29. The molecule has 1 aromatic heterocycles. The van der Waals surface area contributed by atoms with Crippen molar-refractivity contribution in [3.63, 3.8) is 0 Å². The lowest BCUT2D eigenvalue weighted by Crippen LogP contribution is -2.48. The number of aryl methyl sites for hydroxylation is 2. The third-order valence-electron chi connectivity index (χ3n) is 6.81. The second kappa shape index (κ2) is 10.2. The highest BCUT2D eigenvalue weighted by atomic mass is 35.5. The standard InChI is InChI=1S/C27H29ClN2O4S2/c1-18-3-10-25(19(2)15-18)34-17-24-23-12-14-35-26(23)11-13-29(24)27(31)16-30(21-6-7-21)36(32,33)22-8-4-20(28)5-9-22/h3-5,8-10,12,14-15,21,24H,6-7,11,13,16-17H2,1-2H3. The molecule has 1 atom stereocenters. The number of halogens is 1. The summed E-state index contributed by atoms with van der Waals surface area (Å²) >= 11 is 7.65. The van der Waals surface area contributed by atoms with E-state index in [1.54, 1.807) is 28.4 Å². The van der Waals surface area contributed by atoms with E-state index in [4.69, 9.17) is 16.3 Å². The molecule has 1 unspecified atom stereocenters. The molecule has 36 heavy (non-hydrogen) atoms. The molecule has 2 heterocycles. The van der Waals surface area contributed by atoms with Gasteiger partial charge in [0.2, 0.25) is 15.9 Å². The van der Waals surface area contributed by atoms with E-state index in [1.807, 2.05) is 31.4 Å².